The van der Waals surface area contributed by atoms with Crippen LogP contribution >= 0.6 is 0 Å². The SMILES string of the molecule is CN(CCNC[C@H](O)c1ccc(O)c2c1OCC(=O)N2)C(=O)CCOCCc1ccc(CCN2C[C@H]3C[C@@H](OC(=O)Nc4ccccc4-c4ccccc4)C[C@H]3C2)cc1. The van der Waals surface area contributed by atoms with Crippen molar-refractivity contribution in [3.63, 3.8) is 0 Å². The number of nitrogens with one attached hydrogen (secondary N) is 3. The first kappa shape index (κ1) is 41.7. The van der Waals surface area contributed by atoms with Gasteiger partial charge < -0.3 is 44.9 Å². The minimum Gasteiger partial charge on any atom is -0.506 e. The van der Waals surface area contributed by atoms with Crippen LogP contribution in [0.1, 0.15) is 42.1 Å². The number of hydrogen-bond acceptors (Lipinski definition) is 10. The molecule has 1 aliphatic carbocycles. The zero-order valence-corrected chi connectivity index (χ0v) is 33.6. The van der Waals surface area contributed by atoms with E-state index in [4.69, 9.17) is 14.2 Å². The molecule has 0 unspecified atom stereocenters. The number of carbonyl (C=O) groups excluding carboxylic acids is 3. The van der Waals surface area contributed by atoms with E-state index >= 15 is 0 Å². The molecule has 13 nitrogen and oxygen atoms in total. The fourth-order valence-corrected chi connectivity index (χ4v) is 8.34. The number of phenols is 1. The van der Waals surface area contributed by atoms with Gasteiger partial charge in [0, 0.05) is 57.4 Å². The van der Waals surface area contributed by atoms with Gasteiger partial charge in [0.2, 0.25) is 5.91 Å². The van der Waals surface area contributed by atoms with Crippen LogP contribution in [0, 0.1) is 11.8 Å². The molecule has 1 saturated carbocycles. The lowest BCUT2D eigenvalue weighted by atomic mass is 10.0. The van der Waals surface area contributed by atoms with Crippen LogP contribution in [0.3, 0.4) is 0 Å². The largest absolute Gasteiger partial charge is 0.506 e. The number of aliphatic hydroxyl groups is 1. The Kier molecular flexibility index (Phi) is 14.1. The molecule has 4 aromatic rings. The zero-order valence-electron chi connectivity index (χ0n) is 33.6. The summed E-state index contributed by atoms with van der Waals surface area (Å²) in [5.41, 5.74) is 5.89. The number of ether oxygens (including phenoxy) is 3. The molecule has 7 rings (SSSR count). The third kappa shape index (κ3) is 11.2. The Labute approximate surface area is 345 Å². The van der Waals surface area contributed by atoms with Gasteiger partial charge in [0.05, 0.1) is 31.4 Å². The minimum atomic E-state index is -0.934. The number of fused-ring (bicyclic) bond motifs is 2. The van der Waals surface area contributed by atoms with Crippen molar-refractivity contribution in [2.24, 2.45) is 11.8 Å². The van der Waals surface area contributed by atoms with Gasteiger partial charge in [0.25, 0.3) is 5.91 Å². The first-order valence-electron chi connectivity index (χ1n) is 20.6. The number of aromatic hydroxyl groups is 1. The molecule has 0 radical (unpaired) electrons. The van der Waals surface area contributed by atoms with Crippen molar-refractivity contribution in [1.29, 1.82) is 0 Å². The molecular weight excluding hydrogens is 751 g/mol. The molecule has 0 aromatic heterocycles. The van der Waals surface area contributed by atoms with Crippen LogP contribution < -0.4 is 20.7 Å². The van der Waals surface area contributed by atoms with Crippen molar-refractivity contribution in [3.8, 4) is 22.6 Å². The summed E-state index contributed by atoms with van der Waals surface area (Å²) in [7, 11) is 1.74. The van der Waals surface area contributed by atoms with Gasteiger partial charge in [0.15, 0.2) is 12.4 Å². The van der Waals surface area contributed by atoms with Crippen LogP contribution in [0.4, 0.5) is 16.2 Å². The second-order valence-electron chi connectivity index (χ2n) is 15.7. The first-order valence-corrected chi connectivity index (χ1v) is 20.6. The lowest BCUT2D eigenvalue weighted by Crippen LogP contribution is -2.35. The predicted molar refractivity (Wildman–Crippen MR) is 225 cm³/mol. The second kappa shape index (κ2) is 20.0. The van der Waals surface area contributed by atoms with Crippen LogP contribution in [0.2, 0.25) is 0 Å². The number of rotatable bonds is 18. The highest BCUT2D eigenvalue weighted by molar-refractivity contribution is 5.97. The average molecular weight is 806 g/mol. The van der Waals surface area contributed by atoms with Crippen molar-refractivity contribution >= 4 is 29.3 Å². The normalized spacial score (nSPS) is 18.9. The quantitative estimate of drug-likeness (QED) is 0.0631. The van der Waals surface area contributed by atoms with Gasteiger partial charge in [-0.1, -0.05) is 72.8 Å². The average Bonchev–Trinajstić information content (AvgIpc) is 3.80. The molecule has 13 heteroatoms. The maximum Gasteiger partial charge on any atom is 0.411 e. The van der Waals surface area contributed by atoms with Gasteiger partial charge in [-0.2, -0.15) is 0 Å². The summed E-state index contributed by atoms with van der Waals surface area (Å²) in [6.07, 6.45) is 2.49. The van der Waals surface area contributed by atoms with E-state index in [-0.39, 0.29) is 60.8 Å². The number of likely N-dealkylation sites (N-methyl/N-ethyl adjacent to an activating group) is 1. The molecule has 0 bridgehead atoms. The summed E-state index contributed by atoms with van der Waals surface area (Å²) < 4.78 is 17.2. The van der Waals surface area contributed by atoms with E-state index in [0.29, 0.717) is 43.7 Å². The monoisotopic (exact) mass is 805 g/mol. The Morgan fingerprint density at radius 2 is 1.64 bits per heavy atom. The topological polar surface area (TPSA) is 162 Å². The molecule has 5 N–H and O–H groups in total. The molecule has 59 heavy (non-hydrogen) atoms. The fourth-order valence-electron chi connectivity index (χ4n) is 8.34. The van der Waals surface area contributed by atoms with Crippen LogP contribution in [0.15, 0.2) is 91.0 Å². The van der Waals surface area contributed by atoms with Gasteiger partial charge in [-0.15, -0.1) is 0 Å². The molecule has 2 aliphatic heterocycles. The number of hydrogen-bond donors (Lipinski definition) is 5. The van der Waals surface area contributed by atoms with E-state index in [0.717, 1.165) is 62.1 Å². The van der Waals surface area contributed by atoms with E-state index in [1.165, 1.54) is 17.2 Å². The summed E-state index contributed by atoms with van der Waals surface area (Å²) in [5.74, 6) is 0.846. The number of aliphatic hydroxyl groups excluding tert-OH is 1. The molecule has 1 saturated heterocycles. The highest BCUT2D eigenvalue weighted by Gasteiger charge is 2.42. The summed E-state index contributed by atoms with van der Waals surface area (Å²) in [4.78, 5) is 41.3. The van der Waals surface area contributed by atoms with Crippen molar-refractivity contribution < 1.29 is 38.8 Å². The van der Waals surface area contributed by atoms with E-state index < -0.39 is 6.10 Å². The third-order valence-electron chi connectivity index (χ3n) is 11.6. The van der Waals surface area contributed by atoms with E-state index in [1.807, 2.05) is 54.6 Å². The summed E-state index contributed by atoms with van der Waals surface area (Å²) in [5, 5.41) is 29.4. The molecule has 0 spiro atoms. The molecule has 312 valence electrons. The number of likely N-dealkylation sites (tertiary alicyclic amines) is 1. The predicted octanol–water partition coefficient (Wildman–Crippen LogP) is 5.62. The van der Waals surface area contributed by atoms with Crippen LogP contribution in [-0.2, 0) is 31.9 Å². The van der Waals surface area contributed by atoms with Gasteiger partial charge in [-0.3, -0.25) is 14.9 Å². The van der Waals surface area contributed by atoms with E-state index in [1.54, 1.807) is 18.0 Å². The summed E-state index contributed by atoms with van der Waals surface area (Å²) in [6.45, 7) is 4.92. The highest BCUT2D eigenvalue weighted by Crippen LogP contribution is 2.42. The minimum absolute atomic E-state index is 0.0210. The molecule has 2 heterocycles. The van der Waals surface area contributed by atoms with Gasteiger partial charge >= 0.3 is 6.09 Å². The standard InChI is InChI=1S/C46H55N5O8/c1-50(22-20-47-27-41(53)38-15-16-40(52)44-45(38)58-30-42(54)49-44)43(55)19-24-57-23-18-32-13-11-31(12-14-32)17-21-51-28-34-25-36(26-35(34)29-51)59-46(56)48-39-10-6-5-9-37(39)33-7-3-2-4-8-33/h2-16,34-36,41,47,52-53H,17-30H2,1H3,(H,48,56)(H,49,54)/t34-,35+,36-,41-/m0/s1. The zero-order chi connectivity index (χ0) is 41.1. The van der Waals surface area contributed by atoms with Crippen LogP contribution in [-0.4, -0.2) is 110 Å². The summed E-state index contributed by atoms with van der Waals surface area (Å²) >= 11 is 0. The molecule has 4 atom stereocenters. The Morgan fingerprint density at radius 1 is 0.932 bits per heavy atom. The first-order chi connectivity index (χ1) is 28.7. The fraction of sp³-hybridized carbons (Fsp3) is 0.413. The van der Waals surface area contributed by atoms with E-state index in [2.05, 4.69) is 45.1 Å². The van der Waals surface area contributed by atoms with Gasteiger partial charge in [0.1, 0.15) is 17.5 Å². The number of anilines is 2. The second-order valence-corrected chi connectivity index (χ2v) is 15.7. The number of nitrogens with zero attached hydrogens (tertiary/aromatic N) is 2. The van der Waals surface area contributed by atoms with Crippen molar-refractivity contribution in [2.45, 2.75) is 44.3 Å². The number of para-hydroxylation sites is 1. The Balaban J connectivity index is 0.726. The molecule has 3 aliphatic rings. The number of benzene rings is 4. The molecule has 4 aromatic carbocycles. The van der Waals surface area contributed by atoms with E-state index in [9.17, 15) is 24.6 Å². The Bertz CT molecular complexity index is 2030. The molecule has 3 amide bonds. The Hall–Kier alpha value is -5.47. The highest BCUT2D eigenvalue weighted by atomic mass is 16.6. The smallest absolute Gasteiger partial charge is 0.411 e. The van der Waals surface area contributed by atoms with Crippen molar-refractivity contribution in [3.05, 3.63) is 108 Å². The van der Waals surface area contributed by atoms with Gasteiger partial charge in [-0.05, 0) is 72.4 Å². The lowest BCUT2D eigenvalue weighted by molar-refractivity contribution is -0.131. The number of phenolic OH excluding ortho intramolecular Hbond substituents is 1. The maximum atomic E-state index is 12.9. The molecular formula is C46H55N5O8. The molecule has 2 fully saturated rings. The third-order valence-corrected chi connectivity index (χ3v) is 11.6. The number of amides is 3. The van der Waals surface area contributed by atoms with Gasteiger partial charge in [-0.25, -0.2) is 4.79 Å². The summed E-state index contributed by atoms with van der Waals surface area (Å²) in [6, 6.07) is 29.5. The van der Waals surface area contributed by atoms with Crippen molar-refractivity contribution in [2.75, 3.05) is 76.8 Å². The maximum absolute atomic E-state index is 12.9. The van der Waals surface area contributed by atoms with Crippen LogP contribution in [0.25, 0.3) is 11.1 Å². The van der Waals surface area contributed by atoms with Crippen LogP contribution in [0.5, 0.6) is 11.5 Å². The Morgan fingerprint density at radius 3 is 2.41 bits per heavy atom. The number of carbonyl (C=O) groups is 3. The lowest BCUT2D eigenvalue weighted by Gasteiger charge is -2.24. The van der Waals surface area contributed by atoms with Crippen molar-refractivity contribution in [1.82, 2.24) is 15.1 Å².